The van der Waals surface area contributed by atoms with Crippen LogP contribution in [0.15, 0.2) is 40.2 Å². The van der Waals surface area contributed by atoms with Gasteiger partial charge in [-0.1, -0.05) is 11.6 Å². The van der Waals surface area contributed by atoms with E-state index >= 15 is 0 Å². The van der Waals surface area contributed by atoms with Gasteiger partial charge < -0.3 is 0 Å². The molecule has 0 atom stereocenters. The van der Waals surface area contributed by atoms with E-state index < -0.39 is 11.2 Å². The van der Waals surface area contributed by atoms with Crippen LogP contribution in [0.3, 0.4) is 0 Å². The number of fused-ring (bicyclic) bond motifs is 1. The Hall–Kier alpha value is -2.85. The molecule has 1 aromatic carbocycles. The van der Waals surface area contributed by atoms with E-state index in [0.717, 1.165) is 14.6 Å². The van der Waals surface area contributed by atoms with E-state index in [1.807, 2.05) is 13.0 Å². The summed E-state index contributed by atoms with van der Waals surface area (Å²) in [6.45, 7) is 1.63. The molecule has 0 aliphatic carbocycles. The summed E-state index contributed by atoms with van der Waals surface area (Å²) in [7, 11) is 0. The number of aryl methyl sites for hydroxylation is 1. The van der Waals surface area contributed by atoms with Crippen LogP contribution in [0.1, 0.15) is 5.56 Å². The molecule has 110 valence electrons. The molecule has 0 saturated carbocycles. The predicted octanol–water partition coefficient (Wildman–Crippen LogP) is 1.13. The molecule has 3 rings (SSSR count). The van der Waals surface area contributed by atoms with Crippen molar-refractivity contribution in [3.05, 3.63) is 62.0 Å². The first-order chi connectivity index (χ1) is 10.5. The molecule has 0 fully saturated rings. The van der Waals surface area contributed by atoms with Gasteiger partial charge in [0.1, 0.15) is 6.54 Å². The van der Waals surface area contributed by atoms with Crippen molar-refractivity contribution < 1.29 is 0 Å². The van der Waals surface area contributed by atoms with Crippen LogP contribution in [-0.4, -0.2) is 18.7 Å². The highest BCUT2D eigenvalue weighted by Crippen LogP contribution is 2.17. The minimum absolute atomic E-state index is 0.0321. The fourth-order valence-corrected chi connectivity index (χ4v) is 2.28. The fraction of sp³-hybridized carbons (Fsp3) is 0.143. The summed E-state index contributed by atoms with van der Waals surface area (Å²) in [6, 6.07) is 7.00. The molecule has 0 bridgehead atoms. The van der Waals surface area contributed by atoms with Gasteiger partial charge in [-0.2, -0.15) is 9.94 Å². The van der Waals surface area contributed by atoms with Crippen molar-refractivity contribution in [2.45, 2.75) is 13.5 Å². The summed E-state index contributed by atoms with van der Waals surface area (Å²) >= 11 is 5.98. The van der Waals surface area contributed by atoms with Crippen LogP contribution in [0.25, 0.3) is 11.3 Å². The molecule has 22 heavy (non-hydrogen) atoms. The molecule has 0 aliphatic heterocycles. The van der Waals surface area contributed by atoms with E-state index in [9.17, 15) is 9.59 Å². The molecular weight excluding hydrogens is 306 g/mol. The van der Waals surface area contributed by atoms with Crippen LogP contribution in [-0.2, 0) is 6.54 Å². The third-order valence-corrected chi connectivity index (χ3v) is 3.71. The van der Waals surface area contributed by atoms with Crippen molar-refractivity contribution in [1.82, 2.24) is 18.7 Å². The highest BCUT2D eigenvalue weighted by molar-refractivity contribution is 6.31. The second-order valence-electron chi connectivity index (χ2n) is 4.70. The van der Waals surface area contributed by atoms with Crippen molar-refractivity contribution in [2.24, 2.45) is 0 Å². The first-order valence-electron chi connectivity index (χ1n) is 6.37. The zero-order valence-corrected chi connectivity index (χ0v) is 12.3. The van der Waals surface area contributed by atoms with Gasteiger partial charge in [-0.15, -0.1) is 5.10 Å². The van der Waals surface area contributed by atoms with Crippen LogP contribution in [0.4, 0.5) is 0 Å². The van der Waals surface area contributed by atoms with Crippen molar-refractivity contribution in [3.63, 3.8) is 0 Å². The molecule has 0 N–H and O–H groups in total. The summed E-state index contributed by atoms with van der Waals surface area (Å²) in [6.07, 6.45) is 2.93. The number of aromatic nitrogens is 4. The van der Waals surface area contributed by atoms with E-state index in [-0.39, 0.29) is 12.2 Å². The lowest BCUT2D eigenvalue weighted by atomic mass is 10.2. The van der Waals surface area contributed by atoms with E-state index in [4.69, 9.17) is 16.9 Å². The zero-order chi connectivity index (χ0) is 15.9. The highest BCUT2D eigenvalue weighted by atomic mass is 35.5. The molecule has 0 amide bonds. The first-order valence-corrected chi connectivity index (χ1v) is 6.75. The third kappa shape index (κ3) is 2.10. The smallest absolute Gasteiger partial charge is 0.280 e. The lowest BCUT2D eigenvalue weighted by Gasteiger charge is -2.07. The lowest BCUT2D eigenvalue weighted by molar-refractivity contribution is 0.679. The molecular formula is C14H10ClN5O2. The largest absolute Gasteiger partial charge is 0.351 e. The Kier molecular flexibility index (Phi) is 3.31. The average Bonchev–Trinajstić information content (AvgIpc) is 2.81. The van der Waals surface area contributed by atoms with Crippen LogP contribution in [0, 0.1) is 18.3 Å². The number of nitrogens with zero attached hydrogens (tertiary/aromatic N) is 5. The zero-order valence-electron chi connectivity index (χ0n) is 11.5. The van der Waals surface area contributed by atoms with Crippen molar-refractivity contribution in [1.29, 1.82) is 5.26 Å². The minimum atomic E-state index is -0.520. The Morgan fingerprint density at radius 3 is 2.77 bits per heavy atom. The molecule has 2 aromatic heterocycles. The maximum Gasteiger partial charge on any atom is 0.351 e. The van der Waals surface area contributed by atoms with Gasteiger partial charge in [0.15, 0.2) is 0 Å². The van der Waals surface area contributed by atoms with Gasteiger partial charge in [0.05, 0.1) is 6.07 Å². The molecule has 8 heteroatoms. The van der Waals surface area contributed by atoms with E-state index in [0.29, 0.717) is 10.7 Å². The van der Waals surface area contributed by atoms with E-state index in [2.05, 4.69) is 5.10 Å². The summed E-state index contributed by atoms with van der Waals surface area (Å²) in [4.78, 5) is 24.5. The van der Waals surface area contributed by atoms with Gasteiger partial charge in [0.25, 0.3) is 0 Å². The summed E-state index contributed by atoms with van der Waals surface area (Å²) < 4.78 is 3.45. The highest BCUT2D eigenvalue weighted by Gasteiger charge is 2.12. The summed E-state index contributed by atoms with van der Waals surface area (Å²) in [5.41, 5.74) is 0.455. The summed E-state index contributed by atoms with van der Waals surface area (Å²) in [5.74, 6) is 0. The van der Waals surface area contributed by atoms with E-state index in [1.165, 1.54) is 17.0 Å². The second kappa shape index (κ2) is 5.16. The monoisotopic (exact) mass is 315 g/mol. The first kappa shape index (κ1) is 14.1. The molecule has 0 radical (unpaired) electrons. The number of nitriles is 1. The standard InChI is InChI=1S/C14H10ClN5O2/c1-9-8-10(2-3-11(9)15)18-6-7-19-12(13(18)21)17-20(5-4-16)14(19)22/h2-3,6-8H,5H2,1H3. The van der Waals surface area contributed by atoms with Gasteiger partial charge in [0.2, 0.25) is 5.65 Å². The maximum atomic E-state index is 12.5. The van der Waals surface area contributed by atoms with Gasteiger partial charge in [-0.25, -0.2) is 9.20 Å². The Morgan fingerprint density at radius 1 is 1.32 bits per heavy atom. The summed E-state index contributed by atoms with van der Waals surface area (Å²) in [5, 5.41) is 13.2. The van der Waals surface area contributed by atoms with Crippen molar-refractivity contribution in [3.8, 4) is 11.8 Å². The second-order valence-corrected chi connectivity index (χ2v) is 5.11. The van der Waals surface area contributed by atoms with Crippen molar-refractivity contribution in [2.75, 3.05) is 0 Å². The Labute approximate surface area is 129 Å². The van der Waals surface area contributed by atoms with Gasteiger partial charge in [-0.3, -0.25) is 9.36 Å². The molecule has 0 aliphatic rings. The predicted molar refractivity (Wildman–Crippen MR) is 80.4 cm³/mol. The van der Waals surface area contributed by atoms with E-state index in [1.54, 1.807) is 18.2 Å². The number of rotatable bonds is 2. The molecule has 0 spiro atoms. The van der Waals surface area contributed by atoms with Crippen LogP contribution < -0.4 is 11.2 Å². The molecule has 0 unspecified atom stereocenters. The Morgan fingerprint density at radius 2 is 2.09 bits per heavy atom. The normalized spacial score (nSPS) is 10.8. The molecule has 2 heterocycles. The topological polar surface area (TPSA) is 85.1 Å². The minimum Gasteiger partial charge on any atom is -0.280 e. The van der Waals surface area contributed by atoms with Gasteiger partial charge >= 0.3 is 11.2 Å². The third-order valence-electron chi connectivity index (χ3n) is 3.29. The number of halogens is 1. The average molecular weight is 316 g/mol. The van der Waals surface area contributed by atoms with Gasteiger partial charge in [-0.05, 0) is 30.7 Å². The van der Waals surface area contributed by atoms with Crippen LogP contribution in [0.5, 0.6) is 0 Å². The lowest BCUT2D eigenvalue weighted by Crippen LogP contribution is -2.24. The molecule has 0 saturated heterocycles. The maximum absolute atomic E-state index is 12.5. The SMILES string of the molecule is Cc1cc(-n2ccn3c(=O)n(CC#N)nc3c2=O)ccc1Cl. The number of benzene rings is 1. The molecule has 3 aromatic rings. The number of hydrogen-bond acceptors (Lipinski definition) is 4. The number of hydrogen-bond donors (Lipinski definition) is 0. The molecule has 7 nitrogen and oxygen atoms in total. The van der Waals surface area contributed by atoms with Crippen LogP contribution in [0.2, 0.25) is 5.02 Å². The fourth-order valence-electron chi connectivity index (χ4n) is 2.16. The van der Waals surface area contributed by atoms with Crippen molar-refractivity contribution >= 4 is 17.2 Å². The van der Waals surface area contributed by atoms with Crippen LogP contribution >= 0.6 is 11.6 Å². The quantitative estimate of drug-likeness (QED) is 0.709. The van der Waals surface area contributed by atoms with Gasteiger partial charge in [0, 0.05) is 23.1 Å². The Bertz CT molecular complexity index is 1040. The Balaban J connectivity index is 2.27.